The largest absolute Gasteiger partial charge is 0.482 e. The second kappa shape index (κ2) is 9.05. The molecule has 0 spiro atoms. The van der Waals surface area contributed by atoms with Gasteiger partial charge in [-0.15, -0.1) is 0 Å². The minimum absolute atomic E-state index is 0.00577. The van der Waals surface area contributed by atoms with Gasteiger partial charge < -0.3 is 19.9 Å². The quantitative estimate of drug-likeness (QED) is 0.775. The van der Waals surface area contributed by atoms with Crippen LogP contribution >= 0.6 is 11.6 Å². The Balaban J connectivity index is 2.03. The van der Waals surface area contributed by atoms with Gasteiger partial charge in [0.25, 0.3) is 17.4 Å². The molecule has 7 nitrogen and oxygen atoms in total. The second-order valence-corrected chi connectivity index (χ2v) is 5.77. The van der Waals surface area contributed by atoms with Crippen LogP contribution in [0.25, 0.3) is 0 Å². The third-order valence-corrected chi connectivity index (χ3v) is 4.02. The van der Waals surface area contributed by atoms with Gasteiger partial charge in [0.15, 0.2) is 6.61 Å². The zero-order valence-electron chi connectivity index (χ0n) is 14.5. The van der Waals surface area contributed by atoms with Gasteiger partial charge in [0.1, 0.15) is 11.3 Å². The summed E-state index contributed by atoms with van der Waals surface area (Å²) in [6.07, 6.45) is 1.45. The maximum atomic E-state index is 12.1. The van der Waals surface area contributed by atoms with Crippen LogP contribution in [0.4, 0.5) is 5.69 Å². The fourth-order valence-electron chi connectivity index (χ4n) is 2.30. The van der Waals surface area contributed by atoms with E-state index in [4.69, 9.17) is 16.3 Å². The number of aromatic nitrogens is 1. The number of amides is 2. The van der Waals surface area contributed by atoms with Crippen molar-refractivity contribution in [3.8, 4) is 5.75 Å². The number of hydrogen-bond donors (Lipinski definition) is 2. The molecule has 138 valence electrons. The summed E-state index contributed by atoms with van der Waals surface area (Å²) >= 11 is 6.15. The molecule has 0 saturated heterocycles. The highest BCUT2D eigenvalue weighted by Gasteiger charge is 2.13. The van der Waals surface area contributed by atoms with Crippen LogP contribution < -0.4 is 15.6 Å². The van der Waals surface area contributed by atoms with E-state index in [1.807, 2.05) is 13.8 Å². The molecule has 1 aromatic heterocycles. The van der Waals surface area contributed by atoms with Crippen molar-refractivity contribution in [1.29, 1.82) is 0 Å². The van der Waals surface area contributed by atoms with Crippen molar-refractivity contribution in [1.82, 2.24) is 9.88 Å². The number of aromatic amines is 1. The Labute approximate surface area is 155 Å². The molecule has 0 fully saturated rings. The first kappa shape index (κ1) is 19.5. The number of nitrogens with one attached hydrogen (secondary N) is 2. The Hall–Kier alpha value is -2.80. The molecule has 0 aliphatic carbocycles. The van der Waals surface area contributed by atoms with Gasteiger partial charge >= 0.3 is 0 Å². The first-order valence-corrected chi connectivity index (χ1v) is 8.53. The first-order chi connectivity index (χ1) is 12.5. The number of pyridine rings is 1. The standard InChI is InChI=1S/C18H20ClN3O4/c1-3-22(4-2)16(23)11-26-15-8-7-12(10-14(15)19)21-18(25)13-6-5-9-20-17(13)24/h5-10H,3-4,11H2,1-2H3,(H,20,24)(H,21,25). The van der Waals surface area contributed by atoms with E-state index in [1.165, 1.54) is 18.3 Å². The number of likely N-dealkylation sites (N-methyl/N-ethyl adjacent to an activating group) is 1. The molecule has 26 heavy (non-hydrogen) atoms. The van der Waals surface area contributed by atoms with Crippen molar-refractivity contribution in [3.63, 3.8) is 0 Å². The van der Waals surface area contributed by atoms with Crippen LogP contribution in [0.1, 0.15) is 24.2 Å². The summed E-state index contributed by atoms with van der Waals surface area (Å²) in [5, 5.41) is 2.84. The average Bonchev–Trinajstić information content (AvgIpc) is 2.62. The van der Waals surface area contributed by atoms with Gasteiger partial charge in [-0.25, -0.2) is 0 Å². The number of H-pyrrole nitrogens is 1. The van der Waals surface area contributed by atoms with Crippen LogP contribution in [-0.2, 0) is 4.79 Å². The molecule has 1 aromatic carbocycles. The molecule has 0 saturated carbocycles. The zero-order valence-corrected chi connectivity index (χ0v) is 15.3. The monoisotopic (exact) mass is 377 g/mol. The van der Waals surface area contributed by atoms with Crippen molar-refractivity contribution < 1.29 is 14.3 Å². The molecule has 0 radical (unpaired) electrons. The molecular weight excluding hydrogens is 358 g/mol. The summed E-state index contributed by atoms with van der Waals surface area (Å²) in [7, 11) is 0. The lowest BCUT2D eigenvalue weighted by atomic mass is 10.2. The van der Waals surface area contributed by atoms with Crippen LogP contribution in [0.3, 0.4) is 0 Å². The predicted molar refractivity (Wildman–Crippen MR) is 99.9 cm³/mol. The zero-order chi connectivity index (χ0) is 19.1. The third kappa shape index (κ3) is 4.86. The SMILES string of the molecule is CCN(CC)C(=O)COc1ccc(NC(=O)c2ccc[nH]c2=O)cc1Cl. The number of carbonyl (C=O) groups excluding carboxylic acids is 2. The summed E-state index contributed by atoms with van der Waals surface area (Å²) in [5.41, 5.74) is -0.0783. The van der Waals surface area contributed by atoms with Crippen molar-refractivity contribution >= 4 is 29.1 Å². The molecule has 0 atom stereocenters. The van der Waals surface area contributed by atoms with Crippen LogP contribution in [-0.4, -0.2) is 41.4 Å². The number of carbonyl (C=O) groups is 2. The van der Waals surface area contributed by atoms with Gasteiger partial charge in [0.05, 0.1) is 5.02 Å². The number of benzene rings is 1. The molecule has 2 N–H and O–H groups in total. The Morgan fingerprint density at radius 1 is 1.23 bits per heavy atom. The number of hydrogen-bond acceptors (Lipinski definition) is 4. The number of halogens is 1. The lowest BCUT2D eigenvalue weighted by Gasteiger charge is -2.19. The van der Waals surface area contributed by atoms with E-state index in [-0.39, 0.29) is 23.1 Å². The molecule has 0 unspecified atom stereocenters. The highest BCUT2D eigenvalue weighted by atomic mass is 35.5. The highest BCUT2D eigenvalue weighted by Crippen LogP contribution is 2.27. The number of rotatable bonds is 7. The first-order valence-electron chi connectivity index (χ1n) is 8.15. The molecule has 0 bridgehead atoms. The molecular formula is C18H20ClN3O4. The predicted octanol–water partition coefficient (Wildman–Crippen LogP) is 2.53. The summed E-state index contributed by atoms with van der Waals surface area (Å²) in [6, 6.07) is 7.62. The highest BCUT2D eigenvalue weighted by molar-refractivity contribution is 6.32. The van der Waals surface area contributed by atoms with Gasteiger partial charge in [-0.1, -0.05) is 11.6 Å². The lowest BCUT2D eigenvalue weighted by Crippen LogP contribution is -2.34. The van der Waals surface area contributed by atoms with Gasteiger partial charge in [0.2, 0.25) is 0 Å². The van der Waals surface area contributed by atoms with E-state index >= 15 is 0 Å². The molecule has 2 rings (SSSR count). The molecule has 8 heteroatoms. The fourth-order valence-corrected chi connectivity index (χ4v) is 2.54. The topological polar surface area (TPSA) is 91.5 Å². The molecule has 0 aliphatic heterocycles. The smallest absolute Gasteiger partial charge is 0.261 e. The number of nitrogens with zero attached hydrogens (tertiary/aromatic N) is 1. The Morgan fingerprint density at radius 2 is 1.96 bits per heavy atom. The second-order valence-electron chi connectivity index (χ2n) is 5.37. The molecule has 2 aromatic rings. The Bertz CT molecular complexity index is 846. The van der Waals surface area contributed by atoms with E-state index in [0.29, 0.717) is 24.5 Å². The summed E-state index contributed by atoms with van der Waals surface area (Å²) in [6.45, 7) is 4.88. The van der Waals surface area contributed by atoms with Crippen molar-refractivity contribution in [3.05, 3.63) is 57.5 Å². The average molecular weight is 378 g/mol. The Morgan fingerprint density at radius 3 is 2.58 bits per heavy atom. The summed E-state index contributed by atoms with van der Waals surface area (Å²) < 4.78 is 5.46. The van der Waals surface area contributed by atoms with E-state index in [2.05, 4.69) is 10.3 Å². The summed E-state index contributed by atoms with van der Waals surface area (Å²) in [4.78, 5) is 39.8. The van der Waals surface area contributed by atoms with Crippen molar-refractivity contribution in [2.75, 3.05) is 25.0 Å². The van der Waals surface area contributed by atoms with Crippen LogP contribution in [0.15, 0.2) is 41.3 Å². The minimum Gasteiger partial charge on any atom is -0.482 e. The van der Waals surface area contributed by atoms with Crippen LogP contribution in [0, 0.1) is 0 Å². The maximum Gasteiger partial charge on any atom is 0.261 e. The third-order valence-electron chi connectivity index (χ3n) is 3.72. The van der Waals surface area contributed by atoms with Gasteiger partial charge in [-0.2, -0.15) is 0 Å². The Kier molecular flexibility index (Phi) is 6.80. The van der Waals surface area contributed by atoms with E-state index in [1.54, 1.807) is 23.1 Å². The van der Waals surface area contributed by atoms with Gasteiger partial charge in [-0.3, -0.25) is 14.4 Å². The minimum atomic E-state index is -0.548. The van der Waals surface area contributed by atoms with Gasteiger partial charge in [-0.05, 0) is 44.2 Å². The van der Waals surface area contributed by atoms with Crippen molar-refractivity contribution in [2.24, 2.45) is 0 Å². The van der Waals surface area contributed by atoms with Crippen LogP contribution in [0.2, 0.25) is 5.02 Å². The van der Waals surface area contributed by atoms with Crippen molar-refractivity contribution in [2.45, 2.75) is 13.8 Å². The normalized spacial score (nSPS) is 10.3. The molecule has 1 heterocycles. The molecule has 0 aliphatic rings. The summed E-state index contributed by atoms with van der Waals surface area (Å²) in [5.74, 6) is -0.345. The number of anilines is 1. The van der Waals surface area contributed by atoms with E-state index in [0.717, 1.165) is 0 Å². The molecule has 2 amide bonds. The number of ether oxygens (including phenoxy) is 1. The van der Waals surface area contributed by atoms with Crippen LogP contribution in [0.5, 0.6) is 5.75 Å². The van der Waals surface area contributed by atoms with E-state index in [9.17, 15) is 14.4 Å². The fraction of sp³-hybridized carbons (Fsp3) is 0.278. The lowest BCUT2D eigenvalue weighted by molar-refractivity contribution is -0.132. The van der Waals surface area contributed by atoms with Gasteiger partial charge in [0, 0.05) is 25.0 Å². The van der Waals surface area contributed by atoms with E-state index < -0.39 is 11.5 Å². The maximum absolute atomic E-state index is 12.1.